The Morgan fingerprint density at radius 1 is 1.35 bits per heavy atom. The Bertz CT molecular complexity index is 653. The van der Waals surface area contributed by atoms with E-state index >= 15 is 0 Å². The highest BCUT2D eigenvalue weighted by Crippen LogP contribution is 2.32. The van der Waals surface area contributed by atoms with Crippen LogP contribution in [0.2, 0.25) is 0 Å². The summed E-state index contributed by atoms with van der Waals surface area (Å²) in [6.45, 7) is 3.68. The minimum Gasteiger partial charge on any atom is -0.454 e. The Hall–Kier alpha value is -2.57. The van der Waals surface area contributed by atoms with Crippen LogP contribution in [-0.2, 0) is 0 Å². The number of nitrogens with one attached hydrogen (secondary N) is 1. The van der Waals surface area contributed by atoms with Gasteiger partial charge in [0.15, 0.2) is 17.3 Å². The first-order valence-corrected chi connectivity index (χ1v) is 6.14. The first-order chi connectivity index (χ1) is 9.63. The zero-order valence-corrected chi connectivity index (χ0v) is 11.0. The summed E-state index contributed by atoms with van der Waals surface area (Å²) in [6, 6.07) is 4.66. The number of hydrogen-bond acceptors (Lipinski definition) is 6. The van der Waals surface area contributed by atoms with Crippen molar-refractivity contribution in [2.24, 2.45) is 0 Å². The number of carbonyl (C=O) groups is 1. The Balaban J connectivity index is 1.73. The summed E-state index contributed by atoms with van der Waals surface area (Å²) in [7, 11) is 0. The quantitative estimate of drug-likeness (QED) is 0.915. The van der Waals surface area contributed by atoms with Crippen LogP contribution in [0.3, 0.4) is 0 Å². The lowest BCUT2D eigenvalue weighted by Gasteiger charge is -2.10. The van der Waals surface area contributed by atoms with Gasteiger partial charge in [0.2, 0.25) is 12.7 Å². The van der Waals surface area contributed by atoms with Crippen LogP contribution >= 0.6 is 0 Å². The molecule has 0 saturated heterocycles. The van der Waals surface area contributed by atoms with Gasteiger partial charge in [0.1, 0.15) is 6.04 Å². The maximum absolute atomic E-state index is 12.1. The second-order valence-electron chi connectivity index (χ2n) is 4.44. The Morgan fingerprint density at radius 2 is 2.15 bits per heavy atom. The summed E-state index contributed by atoms with van der Waals surface area (Å²) in [5.74, 6) is 1.87. The molecule has 3 rings (SSSR count). The van der Waals surface area contributed by atoms with Crippen LogP contribution in [-0.4, -0.2) is 22.8 Å². The fourth-order valence-electron chi connectivity index (χ4n) is 1.87. The van der Waals surface area contributed by atoms with Gasteiger partial charge in [0.05, 0.1) is 0 Å². The summed E-state index contributed by atoms with van der Waals surface area (Å²) >= 11 is 0. The van der Waals surface area contributed by atoms with Gasteiger partial charge in [-0.3, -0.25) is 4.79 Å². The van der Waals surface area contributed by atoms with Gasteiger partial charge >= 0.3 is 0 Å². The number of nitrogens with zero attached hydrogens (tertiary/aromatic N) is 2. The van der Waals surface area contributed by atoms with Crippen molar-refractivity contribution >= 4 is 5.91 Å². The number of rotatable bonds is 3. The molecule has 1 atom stereocenters. The SMILES string of the molecule is Cc1noc([C@@H](C)NC(=O)c2ccc3c(c2)OCO3)n1. The van der Waals surface area contributed by atoms with Gasteiger partial charge in [-0.05, 0) is 32.0 Å². The van der Waals surface area contributed by atoms with E-state index in [1.54, 1.807) is 32.0 Å². The second kappa shape index (κ2) is 4.84. The molecule has 0 radical (unpaired) electrons. The summed E-state index contributed by atoms with van der Waals surface area (Å²) < 4.78 is 15.5. The third-order valence-electron chi connectivity index (χ3n) is 2.90. The van der Waals surface area contributed by atoms with Crippen molar-refractivity contribution in [2.45, 2.75) is 19.9 Å². The van der Waals surface area contributed by atoms with Gasteiger partial charge in [-0.2, -0.15) is 4.98 Å². The molecule has 2 heterocycles. The minimum absolute atomic E-state index is 0.179. The van der Waals surface area contributed by atoms with Crippen LogP contribution in [0.1, 0.15) is 35.0 Å². The lowest BCUT2D eigenvalue weighted by atomic mass is 10.1. The Morgan fingerprint density at radius 3 is 2.90 bits per heavy atom. The van der Waals surface area contributed by atoms with E-state index in [4.69, 9.17) is 14.0 Å². The smallest absolute Gasteiger partial charge is 0.252 e. The van der Waals surface area contributed by atoms with Gasteiger partial charge in [0, 0.05) is 5.56 Å². The van der Waals surface area contributed by atoms with E-state index in [-0.39, 0.29) is 18.7 Å². The number of amides is 1. The molecule has 2 aromatic rings. The van der Waals surface area contributed by atoms with Crippen molar-refractivity contribution in [1.82, 2.24) is 15.5 Å². The monoisotopic (exact) mass is 275 g/mol. The fourth-order valence-corrected chi connectivity index (χ4v) is 1.87. The zero-order valence-electron chi connectivity index (χ0n) is 11.0. The molecule has 104 valence electrons. The molecule has 1 aliphatic rings. The van der Waals surface area contributed by atoms with Gasteiger partial charge in [-0.15, -0.1) is 0 Å². The minimum atomic E-state index is -0.367. The van der Waals surface area contributed by atoms with Crippen molar-refractivity contribution in [3.63, 3.8) is 0 Å². The van der Waals surface area contributed by atoms with Crippen molar-refractivity contribution in [1.29, 1.82) is 0 Å². The van der Waals surface area contributed by atoms with E-state index in [2.05, 4.69) is 15.5 Å². The Labute approximate surface area is 114 Å². The fraction of sp³-hybridized carbons (Fsp3) is 0.308. The summed E-state index contributed by atoms with van der Waals surface area (Å²) in [4.78, 5) is 16.2. The van der Waals surface area contributed by atoms with Crippen LogP contribution in [0, 0.1) is 6.92 Å². The van der Waals surface area contributed by atoms with E-state index in [1.165, 1.54) is 0 Å². The molecular weight excluding hydrogens is 262 g/mol. The highest BCUT2D eigenvalue weighted by Gasteiger charge is 2.19. The number of fused-ring (bicyclic) bond motifs is 1. The first-order valence-electron chi connectivity index (χ1n) is 6.14. The number of aryl methyl sites for hydroxylation is 1. The summed E-state index contributed by atoms with van der Waals surface area (Å²) in [6.07, 6.45) is 0. The average molecular weight is 275 g/mol. The molecule has 1 N–H and O–H groups in total. The Kier molecular flexibility index (Phi) is 3.02. The standard InChI is InChI=1S/C13H13N3O4/c1-7(13-15-8(2)16-20-13)14-12(17)9-3-4-10-11(5-9)19-6-18-10/h3-5,7H,6H2,1-2H3,(H,14,17)/t7-/m1/s1. The van der Waals surface area contributed by atoms with Crippen molar-refractivity contribution in [2.75, 3.05) is 6.79 Å². The second-order valence-corrected chi connectivity index (χ2v) is 4.44. The largest absolute Gasteiger partial charge is 0.454 e. The lowest BCUT2D eigenvalue weighted by Crippen LogP contribution is -2.26. The molecule has 0 fully saturated rings. The predicted molar refractivity (Wildman–Crippen MR) is 67.5 cm³/mol. The molecule has 0 bridgehead atoms. The molecule has 0 saturated carbocycles. The number of aromatic nitrogens is 2. The van der Waals surface area contributed by atoms with Crippen LogP contribution in [0.15, 0.2) is 22.7 Å². The van der Waals surface area contributed by atoms with E-state index in [0.29, 0.717) is 28.8 Å². The number of carbonyl (C=O) groups excluding carboxylic acids is 1. The topological polar surface area (TPSA) is 86.5 Å². The van der Waals surface area contributed by atoms with Crippen molar-refractivity contribution in [3.8, 4) is 11.5 Å². The molecule has 0 spiro atoms. The van der Waals surface area contributed by atoms with Gasteiger partial charge in [0.25, 0.3) is 5.91 Å². The number of benzene rings is 1. The van der Waals surface area contributed by atoms with E-state index in [0.717, 1.165) is 0 Å². The molecule has 0 aliphatic carbocycles. The highest BCUT2D eigenvalue weighted by atomic mass is 16.7. The van der Waals surface area contributed by atoms with Crippen molar-refractivity contribution < 1.29 is 18.8 Å². The van der Waals surface area contributed by atoms with Gasteiger partial charge < -0.3 is 19.3 Å². The van der Waals surface area contributed by atoms with E-state index in [1.807, 2.05) is 0 Å². The van der Waals surface area contributed by atoms with Crippen molar-refractivity contribution in [3.05, 3.63) is 35.5 Å². The molecule has 1 aromatic carbocycles. The van der Waals surface area contributed by atoms with Crippen LogP contribution in [0.25, 0.3) is 0 Å². The third kappa shape index (κ3) is 2.29. The molecule has 0 unspecified atom stereocenters. The van der Waals surface area contributed by atoms with E-state index in [9.17, 15) is 4.79 Å². The lowest BCUT2D eigenvalue weighted by molar-refractivity contribution is 0.0932. The molecule has 7 nitrogen and oxygen atoms in total. The van der Waals surface area contributed by atoms with Gasteiger partial charge in [-0.25, -0.2) is 0 Å². The third-order valence-corrected chi connectivity index (χ3v) is 2.90. The summed E-state index contributed by atoms with van der Waals surface area (Å²) in [5, 5.41) is 6.48. The summed E-state index contributed by atoms with van der Waals surface area (Å²) in [5.41, 5.74) is 0.484. The maximum atomic E-state index is 12.1. The molecule has 1 aliphatic heterocycles. The highest BCUT2D eigenvalue weighted by molar-refractivity contribution is 5.95. The van der Waals surface area contributed by atoms with Crippen LogP contribution < -0.4 is 14.8 Å². The van der Waals surface area contributed by atoms with Gasteiger partial charge in [-0.1, -0.05) is 5.16 Å². The predicted octanol–water partition coefficient (Wildman–Crippen LogP) is 1.60. The number of hydrogen-bond donors (Lipinski definition) is 1. The van der Waals surface area contributed by atoms with Crippen LogP contribution in [0.4, 0.5) is 0 Å². The average Bonchev–Trinajstić information content (AvgIpc) is 3.05. The molecule has 1 amide bonds. The van der Waals surface area contributed by atoms with E-state index < -0.39 is 0 Å². The molecule has 20 heavy (non-hydrogen) atoms. The zero-order chi connectivity index (χ0) is 14.1. The molecule has 7 heteroatoms. The first kappa shape index (κ1) is 12.5. The molecular formula is C13H13N3O4. The molecule has 1 aromatic heterocycles. The number of ether oxygens (including phenoxy) is 2. The normalized spacial score (nSPS) is 14.1. The maximum Gasteiger partial charge on any atom is 0.252 e. The van der Waals surface area contributed by atoms with Crippen LogP contribution in [0.5, 0.6) is 11.5 Å².